The van der Waals surface area contributed by atoms with E-state index in [0.29, 0.717) is 11.8 Å². The van der Waals surface area contributed by atoms with Crippen LogP contribution in [-0.4, -0.2) is 9.55 Å². The van der Waals surface area contributed by atoms with Gasteiger partial charge in [0.1, 0.15) is 11.4 Å². The molecule has 180 valence electrons. The quantitative estimate of drug-likeness (QED) is 0.242. The molecule has 0 spiro atoms. The van der Waals surface area contributed by atoms with E-state index < -0.39 is 0 Å². The molecule has 6 aromatic rings. The van der Waals surface area contributed by atoms with Gasteiger partial charge in [-0.1, -0.05) is 94.4 Å². The minimum atomic E-state index is 0.507. The number of hydrogen-bond donors (Lipinski definition) is 0. The fraction of sp³-hybridized carbons (Fsp3) is 0.242. The Morgan fingerprint density at radius 3 is 2.19 bits per heavy atom. The first kappa shape index (κ1) is 22.6. The van der Waals surface area contributed by atoms with E-state index in [9.17, 15) is 0 Å². The number of para-hydroxylation sites is 3. The molecule has 36 heavy (non-hydrogen) atoms. The highest BCUT2D eigenvalue weighted by molar-refractivity contribution is 6.10. The van der Waals surface area contributed by atoms with Gasteiger partial charge in [0.15, 0.2) is 5.58 Å². The van der Waals surface area contributed by atoms with E-state index >= 15 is 0 Å². The smallest absolute Gasteiger partial charge is 0.160 e. The molecule has 4 aromatic carbocycles. The highest BCUT2D eigenvalue weighted by Crippen LogP contribution is 2.41. The zero-order valence-corrected chi connectivity index (χ0v) is 21.5. The van der Waals surface area contributed by atoms with Gasteiger partial charge < -0.3 is 4.42 Å². The summed E-state index contributed by atoms with van der Waals surface area (Å²) in [6, 6.07) is 29.8. The Bertz CT molecular complexity index is 1690. The van der Waals surface area contributed by atoms with E-state index in [1.54, 1.807) is 0 Å². The summed E-state index contributed by atoms with van der Waals surface area (Å²) in [5.74, 6) is 2.00. The highest BCUT2D eigenvalue weighted by Gasteiger charge is 2.25. The molecule has 0 amide bonds. The van der Waals surface area contributed by atoms with Crippen molar-refractivity contribution in [2.45, 2.75) is 40.5 Å². The summed E-state index contributed by atoms with van der Waals surface area (Å²) < 4.78 is 9.08. The summed E-state index contributed by atoms with van der Waals surface area (Å²) in [5, 5.41) is 2.42. The van der Waals surface area contributed by atoms with Crippen molar-refractivity contribution in [2.75, 3.05) is 0 Å². The van der Waals surface area contributed by atoms with Gasteiger partial charge in [0.2, 0.25) is 0 Å². The Morgan fingerprint density at radius 2 is 1.42 bits per heavy atom. The number of nitrogens with zero attached hydrogens (tertiary/aromatic N) is 2. The Labute approximate surface area is 212 Å². The predicted molar refractivity (Wildman–Crippen MR) is 151 cm³/mol. The van der Waals surface area contributed by atoms with Crippen molar-refractivity contribution in [3.8, 4) is 17.1 Å². The first-order valence-corrected chi connectivity index (χ1v) is 13.0. The minimum absolute atomic E-state index is 0.507. The van der Waals surface area contributed by atoms with Crippen LogP contribution in [-0.2, 0) is 12.8 Å². The molecular formula is C33H32N2O. The van der Waals surface area contributed by atoms with Crippen molar-refractivity contribution in [3.63, 3.8) is 0 Å². The van der Waals surface area contributed by atoms with Crippen molar-refractivity contribution in [3.05, 3.63) is 96.1 Å². The third-order valence-electron chi connectivity index (χ3n) is 6.86. The molecule has 0 aliphatic heterocycles. The second-order valence-electron chi connectivity index (χ2n) is 10.7. The van der Waals surface area contributed by atoms with E-state index in [2.05, 4.69) is 117 Å². The summed E-state index contributed by atoms with van der Waals surface area (Å²) >= 11 is 0. The van der Waals surface area contributed by atoms with Crippen LogP contribution in [0.15, 0.2) is 89.3 Å². The van der Waals surface area contributed by atoms with Crippen LogP contribution in [0.25, 0.3) is 50.0 Å². The van der Waals surface area contributed by atoms with Gasteiger partial charge in [-0.2, -0.15) is 0 Å². The molecule has 3 heteroatoms. The SMILES string of the molecule is CC(C)Cc1cc(CC(C)C)c2c(oc3ccccc32)c1-n1c(-c2ccccc2)nc2ccccc21. The van der Waals surface area contributed by atoms with Gasteiger partial charge in [0, 0.05) is 16.3 Å². The van der Waals surface area contributed by atoms with Crippen molar-refractivity contribution < 1.29 is 4.42 Å². The number of benzene rings is 4. The highest BCUT2D eigenvalue weighted by atomic mass is 16.3. The van der Waals surface area contributed by atoms with Crippen molar-refractivity contribution in [1.82, 2.24) is 9.55 Å². The maximum atomic E-state index is 6.74. The molecule has 0 atom stereocenters. The lowest BCUT2D eigenvalue weighted by atomic mass is 9.91. The first-order chi connectivity index (χ1) is 17.5. The van der Waals surface area contributed by atoms with Crippen LogP contribution in [0.2, 0.25) is 0 Å². The number of furan rings is 1. The topological polar surface area (TPSA) is 31.0 Å². The molecule has 0 saturated heterocycles. The Hall–Kier alpha value is -3.85. The standard InChI is InChI=1S/C33H32N2O/c1-21(2)18-24-20-25(19-22(3)4)31(32-30(24)26-14-8-11-17-29(26)36-32)35-28-16-10-9-15-27(28)34-33(35)23-12-6-5-7-13-23/h5-17,20-22H,18-19H2,1-4H3. The molecule has 0 saturated carbocycles. The number of imidazole rings is 1. The molecule has 0 aliphatic rings. The summed E-state index contributed by atoms with van der Waals surface area (Å²) in [6.07, 6.45) is 1.98. The van der Waals surface area contributed by atoms with Gasteiger partial charge in [-0.3, -0.25) is 4.57 Å². The number of hydrogen-bond acceptors (Lipinski definition) is 2. The number of rotatable bonds is 6. The van der Waals surface area contributed by atoms with Gasteiger partial charge in [-0.25, -0.2) is 4.98 Å². The van der Waals surface area contributed by atoms with Gasteiger partial charge in [-0.15, -0.1) is 0 Å². The van der Waals surface area contributed by atoms with Gasteiger partial charge in [0.05, 0.1) is 16.7 Å². The van der Waals surface area contributed by atoms with Crippen LogP contribution in [0.1, 0.15) is 38.8 Å². The fourth-order valence-electron chi connectivity index (χ4n) is 5.50. The predicted octanol–water partition coefficient (Wildman–Crippen LogP) is 8.99. The van der Waals surface area contributed by atoms with E-state index in [1.165, 1.54) is 21.9 Å². The van der Waals surface area contributed by atoms with Gasteiger partial charge >= 0.3 is 0 Å². The Balaban J connectivity index is 1.80. The first-order valence-electron chi connectivity index (χ1n) is 13.0. The Morgan fingerprint density at radius 1 is 0.750 bits per heavy atom. The van der Waals surface area contributed by atoms with Crippen molar-refractivity contribution in [2.24, 2.45) is 11.8 Å². The third-order valence-corrected chi connectivity index (χ3v) is 6.86. The monoisotopic (exact) mass is 472 g/mol. The van der Waals surface area contributed by atoms with E-state index in [1.807, 2.05) is 0 Å². The lowest BCUT2D eigenvalue weighted by Gasteiger charge is -2.19. The van der Waals surface area contributed by atoms with Crippen LogP contribution in [0.3, 0.4) is 0 Å². The molecule has 0 radical (unpaired) electrons. The number of aromatic nitrogens is 2. The van der Waals surface area contributed by atoms with Crippen LogP contribution in [0, 0.1) is 11.8 Å². The van der Waals surface area contributed by atoms with Crippen LogP contribution < -0.4 is 0 Å². The molecule has 0 bridgehead atoms. The molecule has 0 N–H and O–H groups in total. The van der Waals surface area contributed by atoms with Crippen LogP contribution in [0.5, 0.6) is 0 Å². The fourth-order valence-corrected chi connectivity index (χ4v) is 5.50. The lowest BCUT2D eigenvalue weighted by molar-refractivity contribution is 0.630. The molecule has 6 rings (SSSR count). The second kappa shape index (κ2) is 8.98. The summed E-state index contributed by atoms with van der Waals surface area (Å²) in [4.78, 5) is 5.13. The van der Waals surface area contributed by atoms with Crippen LogP contribution in [0.4, 0.5) is 0 Å². The van der Waals surface area contributed by atoms with E-state index in [-0.39, 0.29) is 0 Å². The molecule has 2 heterocycles. The zero-order valence-electron chi connectivity index (χ0n) is 21.5. The second-order valence-corrected chi connectivity index (χ2v) is 10.7. The number of fused-ring (bicyclic) bond motifs is 4. The summed E-state index contributed by atoms with van der Waals surface area (Å²) in [5.41, 5.74) is 8.89. The molecule has 0 aliphatic carbocycles. The summed E-state index contributed by atoms with van der Waals surface area (Å²) in [6.45, 7) is 9.17. The average Bonchev–Trinajstić information content (AvgIpc) is 3.43. The average molecular weight is 473 g/mol. The molecule has 0 unspecified atom stereocenters. The van der Waals surface area contributed by atoms with Crippen molar-refractivity contribution in [1.29, 1.82) is 0 Å². The van der Waals surface area contributed by atoms with Gasteiger partial charge in [-0.05, 0) is 54.0 Å². The maximum Gasteiger partial charge on any atom is 0.160 e. The molecule has 0 fully saturated rings. The lowest BCUT2D eigenvalue weighted by Crippen LogP contribution is -2.07. The molecule has 3 nitrogen and oxygen atoms in total. The van der Waals surface area contributed by atoms with Gasteiger partial charge in [0.25, 0.3) is 0 Å². The summed E-state index contributed by atoms with van der Waals surface area (Å²) in [7, 11) is 0. The van der Waals surface area contributed by atoms with E-state index in [4.69, 9.17) is 9.40 Å². The normalized spacial score (nSPS) is 12.1. The minimum Gasteiger partial charge on any atom is -0.454 e. The van der Waals surface area contributed by atoms with E-state index in [0.717, 1.165) is 52.1 Å². The van der Waals surface area contributed by atoms with Crippen molar-refractivity contribution >= 4 is 33.0 Å². The molecular weight excluding hydrogens is 440 g/mol. The largest absolute Gasteiger partial charge is 0.454 e. The molecule has 2 aromatic heterocycles. The van der Waals surface area contributed by atoms with Crippen LogP contribution >= 0.6 is 0 Å². The third kappa shape index (κ3) is 3.80. The zero-order chi connectivity index (χ0) is 24.8. The maximum absolute atomic E-state index is 6.74. The Kier molecular flexibility index (Phi) is 5.64.